The van der Waals surface area contributed by atoms with E-state index < -0.39 is 4.92 Å². The molecule has 0 radical (unpaired) electrons. The van der Waals surface area contributed by atoms with Gasteiger partial charge in [0.05, 0.1) is 26.6 Å². The molecule has 0 aliphatic rings. The number of benzene rings is 1. The molecule has 128 valence electrons. The molecule has 0 atom stereocenters. The second-order valence-corrected chi connectivity index (χ2v) is 7.75. The summed E-state index contributed by atoms with van der Waals surface area (Å²) < 4.78 is 0. The van der Waals surface area contributed by atoms with Gasteiger partial charge in [-0.1, -0.05) is 30.3 Å². The van der Waals surface area contributed by atoms with Crippen molar-refractivity contribution >= 4 is 51.2 Å². The number of nitrogens with zero attached hydrogens (tertiary/aromatic N) is 2. The molecule has 6 nitrogen and oxygen atoms in total. The van der Waals surface area contributed by atoms with Crippen molar-refractivity contribution in [2.24, 2.45) is 0 Å². The van der Waals surface area contributed by atoms with Gasteiger partial charge in [0.1, 0.15) is 0 Å². The van der Waals surface area contributed by atoms with E-state index in [0.717, 1.165) is 5.75 Å². The number of rotatable bonds is 7. The van der Waals surface area contributed by atoms with Crippen molar-refractivity contribution in [3.8, 4) is 10.6 Å². The maximum Gasteiger partial charge on any atom is 0.280 e. The van der Waals surface area contributed by atoms with E-state index in [0.29, 0.717) is 21.5 Å². The minimum Gasteiger partial charge on any atom is -0.301 e. The van der Waals surface area contributed by atoms with Crippen LogP contribution >= 0.6 is 34.4 Å². The fraction of sp³-hybridized carbons (Fsp3) is 0.125. The number of amides is 1. The molecule has 0 aliphatic carbocycles. The van der Waals surface area contributed by atoms with Crippen LogP contribution in [0.3, 0.4) is 0 Å². The number of anilines is 1. The number of thiazole rings is 1. The van der Waals surface area contributed by atoms with Gasteiger partial charge in [0.15, 0.2) is 5.13 Å². The van der Waals surface area contributed by atoms with Gasteiger partial charge in [0.25, 0.3) is 5.69 Å². The Balaban J connectivity index is 1.52. The summed E-state index contributed by atoms with van der Waals surface area (Å²) in [6.07, 6.45) is 0. The Morgan fingerprint density at radius 1 is 1.24 bits per heavy atom. The maximum atomic E-state index is 12.0. The van der Waals surface area contributed by atoms with Crippen LogP contribution in [0.5, 0.6) is 0 Å². The van der Waals surface area contributed by atoms with E-state index in [2.05, 4.69) is 10.3 Å². The number of hydrogen-bond acceptors (Lipinski definition) is 7. The molecule has 2 heterocycles. The van der Waals surface area contributed by atoms with Gasteiger partial charge in [-0.3, -0.25) is 14.9 Å². The number of thioether (sulfide) groups is 1. The lowest BCUT2D eigenvalue weighted by atomic mass is 10.2. The van der Waals surface area contributed by atoms with E-state index in [1.54, 1.807) is 5.38 Å². The van der Waals surface area contributed by atoms with Crippen LogP contribution < -0.4 is 5.32 Å². The van der Waals surface area contributed by atoms with Gasteiger partial charge in [-0.05, 0) is 5.56 Å². The molecule has 0 fully saturated rings. The first kappa shape index (κ1) is 17.6. The van der Waals surface area contributed by atoms with Crippen molar-refractivity contribution in [1.82, 2.24) is 4.98 Å². The third-order valence-electron chi connectivity index (χ3n) is 3.14. The normalized spacial score (nSPS) is 10.6. The number of thiophene rings is 1. The van der Waals surface area contributed by atoms with Crippen molar-refractivity contribution in [2.45, 2.75) is 5.75 Å². The molecule has 1 N–H and O–H groups in total. The van der Waals surface area contributed by atoms with E-state index in [9.17, 15) is 14.9 Å². The third kappa shape index (κ3) is 4.88. The molecule has 9 heteroatoms. The van der Waals surface area contributed by atoms with Gasteiger partial charge >= 0.3 is 0 Å². The highest BCUT2D eigenvalue weighted by Gasteiger charge is 2.14. The second kappa shape index (κ2) is 8.24. The summed E-state index contributed by atoms with van der Waals surface area (Å²) >= 11 is 4.10. The Labute approximate surface area is 156 Å². The highest BCUT2D eigenvalue weighted by Crippen LogP contribution is 2.32. The Kier molecular flexibility index (Phi) is 5.79. The lowest BCUT2D eigenvalue weighted by molar-refractivity contribution is -0.384. The molecule has 1 aromatic carbocycles. The van der Waals surface area contributed by atoms with Crippen LogP contribution in [0.4, 0.5) is 10.8 Å². The van der Waals surface area contributed by atoms with Crippen molar-refractivity contribution in [1.29, 1.82) is 0 Å². The summed E-state index contributed by atoms with van der Waals surface area (Å²) in [4.78, 5) is 27.3. The highest BCUT2D eigenvalue weighted by molar-refractivity contribution is 7.99. The topological polar surface area (TPSA) is 85.1 Å². The smallest absolute Gasteiger partial charge is 0.280 e. The summed E-state index contributed by atoms with van der Waals surface area (Å²) in [6, 6.07) is 11.4. The van der Waals surface area contributed by atoms with Crippen molar-refractivity contribution < 1.29 is 9.72 Å². The molecule has 0 bridgehead atoms. The molecule has 0 unspecified atom stereocenters. The molecule has 0 spiro atoms. The number of nitrogens with one attached hydrogen (secondary N) is 1. The molecule has 0 saturated carbocycles. The molecule has 1 amide bonds. The van der Waals surface area contributed by atoms with Gasteiger partial charge in [-0.25, -0.2) is 4.98 Å². The molecule has 0 saturated heterocycles. The molecular formula is C16H13N3O3S3. The predicted octanol–water partition coefficient (Wildman–Crippen LogP) is 4.65. The first-order valence-corrected chi connectivity index (χ1v) is 10.1. The second-order valence-electron chi connectivity index (χ2n) is 4.99. The third-order valence-corrected chi connectivity index (χ3v) is 5.85. The van der Waals surface area contributed by atoms with E-state index >= 15 is 0 Å². The first-order chi connectivity index (χ1) is 12.1. The standard InChI is InChI=1S/C16H13N3O3S3/c20-15(10-23-7-11-4-2-1-3-5-11)18-16-17-13(9-25-16)14-6-12(8-24-14)19(21)22/h1-6,8-9H,7,10H2,(H,17,18,20). The quantitative estimate of drug-likeness (QED) is 0.468. The lowest BCUT2D eigenvalue weighted by Crippen LogP contribution is -2.13. The zero-order valence-electron chi connectivity index (χ0n) is 12.9. The van der Waals surface area contributed by atoms with Crippen molar-refractivity contribution in [2.75, 3.05) is 11.1 Å². The highest BCUT2D eigenvalue weighted by atomic mass is 32.2. The minimum absolute atomic E-state index is 0.0518. The Bertz CT molecular complexity index is 877. The SMILES string of the molecule is O=C(CSCc1ccccc1)Nc1nc(-c2cc([N+](=O)[O-])cs2)cs1. The van der Waals surface area contributed by atoms with Gasteiger partial charge in [0, 0.05) is 17.2 Å². The van der Waals surface area contributed by atoms with Crippen LogP contribution in [-0.4, -0.2) is 21.6 Å². The van der Waals surface area contributed by atoms with Crippen LogP contribution in [0.1, 0.15) is 5.56 Å². The number of carbonyl (C=O) groups is 1. The van der Waals surface area contributed by atoms with E-state index in [1.807, 2.05) is 30.3 Å². The number of nitro groups is 1. The number of hydrogen-bond donors (Lipinski definition) is 1. The Hall–Kier alpha value is -2.23. The number of carbonyl (C=O) groups excluding carboxylic acids is 1. The molecule has 3 aromatic rings. The average molecular weight is 391 g/mol. The molecule has 25 heavy (non-hydrogen) atoms. The fourth-order valence-corrected chi connectivity index (χ4v) is 4.40. The molecule has 2 aromatic heterocycles. The maximum absolute atomic E-state index is 12.0. The summed E-state index contributed by atoms with van der Waals surface area (Å²) in [6.45, 7) is 0. The van der Waals surface area contributed by atoms with Gasteiger partial charge < -0.3 is 5.32 Å². The summed E-state index contributed by atoms with van der Waals surface area (Å²) in [5, 5.41) is 17.3. The largest absolute Gasteiger partial charge is 0.301 e. The van der Waals surface area contributed by atoms with E-state index in [-0.39, 0.29) is 11.6 Å². The fourth-order valence-electron chi connectivity index (χ4n) is 1.99. The lowest BCUT2D eigenvalue weighted by Gasteiger charge is -2.02. The van der Waals surface area contributed by atoms with E-state index in [1.165, 1.54) is 51.4 Å². The minimum atomic E-state index is -0.432. The van der Waals surface area contributed by atoms with Gasteiger partial charge in [-0.15, -0.1) is 34.4 Å². The van der Waals surface area contributed by atoms with Crippen LogP contribution in [0.25, 0.3) is 10.6 Å². The van der Waals surface area contributed by atoms with Crippen LogP contribution in [0, 0.1) is 10.1 Å². The Morgan fingerprint density at radius 3 is 2.76 bits per heavy atom. The van der Waals surface area contributed by atoms with Crippen LogP contribution in [0.2, 0.25) is 0 Å². The summed E-state index contributed by atoms with van der Waals surface area (Å²) in [5.41, 5.74) is 1.86. The van der Waals surface area contributed by atoms with Crippen LogP contribution in [0.15, 0.2) is 47.2 Å². The molecule has 3 rings (SSSR count). The summed E-state index contributed by atoms with van der Waals surface area (Å²) in [7, 11) is 0. The van der Waals surface area contributed by atoms with Gasteiger partial charge in [0.2, 0.25) is 5.91 Å². The van der Waals surface area contributed by atoms with Crippen LogP contribution in [-0.2, 0) is 10.5 Å². The average Bonchev–Trinajstić information content (AvgIpc) is 3.25. The van der Waals surface area contributed by atoms with Crippen molar-refractivity contribution in [3.63, 3.8) is 0 Å². The zero-order valence-corrected chi connectivity index (χ0v) is 15.3. The van der Waals surface area contributed by atoms with E-state index in [4.69, 9.17) is 0 Å². The predicted molar refractivity (Wildman–Crippen MR) is 103 cm³/mol. The summed E-state index contributed by atoms with van der Waals surface area (Å²) in [5.74, 6) is 1.00. The van der Waals surface area contributed by atoms with Crippen molar-refractivity contribution in [3.05, 3.63) is 62.8 Å². The Morgan fingerprint density at radius 2 is 2.04 bits per heavy atom. The first-order valence-electron chi connectivity index (χ1n) is 7.22. The van der Waals surface area contributed by atoms with Gasteiger partial charge in [-0.2, -0.15) is 0 Å². The molecular weight excluding hydrogens is 378 g/mol. The molecule has 0 aliphatic heterocycles. The number of aromatic nitrogens is 1. The monoisotopic (exact) mass is 391 g/mol. The zero-order chi connectivity index (χ0) is 17.6.